The maximum absolute atomic E-state index is 13.2. The van der Waals surface area contributed by atoms with E-state index in [1.807, 2.05) is 6.07 Å². The van der Waals surface area contributed by atoms with Gasteiger partial charge in [-0.3, -0.25) is 4.79 Å². The van der Waals surface area contributed by atoms with Crippen molar-refractivity contribution in [2.45, 2.75) is 58.2 Å². The minimum Gasteiger partial charge on any atom is -0.384 e. The molecule has 3 aromatic heterocycles. The minimum atomic E-state index is -1.14. The molecule has 1 atom stereocenters. The molecule has 10 heteroatoms. The largest absolute Gasteiger partial charge is 0.384 e. The molecule has 0 spiro atoms. The Hall–Kier alpha value is -3.53. The number of anilines is 2. The summed E-state index contributed by atoms with van der Waals surface area (Å²) < 4.78 is 3.17. The maximum atomic E-state index is 13.2. The summed E-state index contributed by atoms with van der Waals surface area (Å²) in [5.41, 5.74) is 2.99. The van der Waals surface area contributed by atoms with Crippen molar-refractivity contribution in [3.63, 3.8) is 0 Å². The van der Waals surface area contributed by atoms with E-state index in [-0.39, 0.29) is 36.0 Å². The molecule has 0 amide bonds. The van der Waals surface area contributed by atoms with Crippen molar-refractivity contribution in [2.75, 3.05) is 11.9 Å². The van der Waals surface area contributed by atoms with Crippen LogP contribution in [0, 0.1) is 0 Å². The van der Waals surface area contributed by atoms with E-state index in [2.05, 4.69) is 60.1 Å². The number of rotatable bonds is 6. The van der Waals surface area contributed by atoms with Gasteiger partial charge in [-0.1, -0.05) is 32.1 Å². The van der Waals surface area contributed by atoms with Crippen molar-refractivity contribution in [1.82, 2.24) is 29.6 Å². The van der Waals surface area contributed by atoms with Crippen LogP contribution < -0.4 is 16.2 Å². The molecule has 0 bridgehead atoms. The Balaban J connectivity index is 0.00000336. The molecule has 1 aliphatic rings. The fourth-order valence-electron chi connectivity index (χ4n) is 4.85. The molecule has 4 heterocycles. The zero-order valence-corrected chi connectivity index (χ0v) is 23.1. The normalized spacial score (nSPS) is 16.5. The predicted octanol–water partition coefficient (Wildman–Crippen LogP) is 4.50. The number of aromatic nitrogens is 5. The van der Waals surface area contributed by atoms with Gasteiger partial charge >= 0.3 is 0 Å². The third-order valence-electron chi connectivity index (χ3n) is 6.91. The number of nitrogens with zero attached hydrogens (tertiary/aromatic N) is 5. The molecule has 0 saturated carbocycles. The third kappa shape index (κ3) is 4.84. The standard InChI is InChI=1S/C28H33N7O2.ClH/c1-7-13-34-25(36)20-15-29-26(31-18-11-12-21-19(14-18)17(2)30-16-27(21,3)4)33-24(20)35(34)23-10-8-9-22(32-23)28(5,6)37;/h7-12,14-15,17,30,37H,1,13,16H2,2-6H3,(H,29,31,33);1H/t17-;/m0./s1. The zero-order chi connectivity index (χ0) is 26.5. The van der Waals surface area contributed by atoms with Crippen LogP contribution in [-0.2, 0) is 17.6 Å². The number of pyridine rings is 1. The molecule has 1 aromatic carbocycles. The molecule has 200 valence electrons. The van der Waals surface area contributed by atoms with Gasteiger partial charge in [0.05, 0.1) is 12.2 Å². The first-order chi connectivity index (χ1) is 17.5. The van der Waals surface area contributed by atoms with Crippen LogP contribution in [0.5, 0.6) is 0 Å². The fourth-order valence-corrected chi connectivity index (χ4v) is 4.85. The predicted molar refractivity (Wildman–Crippen MR) is 153 cm³/mol. The molecule has 5 rings (SSSR count). The minimum absolute atomic E-state index is 0. The second-order valence-electron chi connectivity index (χ2n) is 10.8. The Morgan fingerprint density at radius 1 is 1.26 bits per heavy atom. The van der Waals surface area contributed by atoms with E-state index in [0.29, 0.717) is 28.5 Å². The fraction of sp³-hybridized carbons (Fsp3) is 0.357. The lowest BCUT2D eigenvalue weighted by atomic mass is 9.77. The number of benzene rings is 1. The first-order valence-electron chi connectivity index (χ1n) is 12.4. The SMILES string of the molecule is C=CCn1c(=O)c2cnc(Nc3ccc4c(c3)[C@H](C)NCC4(C)C)nc2n1-c1cccc(C(C)(C)O)n1.Cl. The van der Waals surface area contributed by atoms with E-state index in [4.69, 9.17) is 4.98 Å². The summed E-state index contributed by atoms with van der Waals surface area (Å²) in [4.78, 5) is 27.0. The van der Waals surface area contributed by atoms with E-state index >= 15 is 0 Å². The summed E-state index contributed by atoms with van der Waals surface area (Å²) in [7, 11) is 0. The molecule has 0 saturated heterocycles. The van der Waals surface area contributed by atoms with Gasteiger partial charge in [-0.2, -0.15) is 4.98 Å². The lowest BCUT2D eigenvalue weighted by Gasteiger charge is -2.37. The van der Waals surface area contributed by atoms with Gasteiger partial charge in [-0.25, -0.2) is 19.3 Å². The molecular weight excluding hydrogens is 502 g/mol. The summed E-state index contributed by atoms with van der Waals surface area (Å²) in [6.07, 6.45) is 3.18. The molecule has 0 radical (unpaired) electrons. The quantitative estimate of drug-likeness (QED) is 0.312. The number of hydrogen-bond donors (Lipinski definition) is 3. The van der Waals surface area contributed by atoms with E-state index in [0.717, 1.165) is 12.2 Å². The van der Waals surface area contributed by atoms with Crippen molar-refractivity contribution in [3.8, 4) is 5.82 Å². The average molecular weight is 536 g/mol. The molecule has 1 aliphatic heterocycles. The lowest BCUT2D eigenvalue weighted by Crippen LogP contribution is -2.40. The van der Waals surface area contributed by atoms with Gasteiger partial charge < -0.3 is 15.7 Å². The highest BCUT2D eigenvalue weighted by Crippen LogP contribution is 2.36. The van der Waals surface area contributed by atoms with E-state index in [1.165, 1.54) is 22.0 Å². The third-order valence-corrected chi connectivity index (χ3v) is 6.91. The Bertz CT molecular complexity index is 1570. The summed E-state index contributed by atoms with van der Waals surface area (Å²) in [5, 5.41) is 17.8. The monoisotopic (exact) mass is 535 g/mol. The van der Waals surface area contributed by atoms with Crippen molar-refractivity contribution >= 4 is 35.1 Å². The highest BCUT2D eigenvalue weighted by atomic mass is 35.5. The number of allylic oxidation sites excluding steroid dienone is 1. The van der Waals surface area contributed by atoms with Crippen LogP contribution in [0.15, 0.2) is 60.0 Å². The van der Waals surface area contributed by atoms with Crippen LogP contribution in [0.4, 0.5) is 11.6 Å². The average Bonchev–Trinajstić information content (AvgIpc) is 3.12. The molecule has 38 heavy (non-hydrogen) atoms. The number of halogens is 1. The number of hydrogen-bond acceptors (Lipinski definition) is 7. The molecular formula is C28H34ClN7O2. The van der Waals surface area contributed by atoms with Gasteiger partial charge in [0.25, 0.3) is 5.56 Å². The van der Waals surface area contributed by atoms with Crippen LogP contribution in [0.2, 0.25) is 0 Å². The topological polar surface area (TPSA) is 110 Å². The first-order valence-corrected chi connectivity index (χ1v) is 12.4. The Morgan fingerprint density at radius 2 is 2.03 bits per heavy atom. The lowest BCUT2D eigenvalue weighted by molar-refractivity contribution is 0.0738. The summed E-state index contributed by atoms with van der Waals surface area (Å²) in [6.45, 7) is 15.0. The van der Waals surface area contributed by atoms with Crippen LogP contribution in [0.25, 0.3) is 16.9 Å². The molecule has 0 unspecified atom stereocenters. The molecule has 9 nitrogen and oxygen atoms in total. The molecule has 3 N–H and O–H groups in total. The van der Waals surface area contributed by atoms with Crippen molar-refractivity contribution in [2.24, 2.45) is 0 Å². The first kappa shape index (κ1) is 27.5. The summed E-state index contributed by atoms with van der Waals surface area (Å²) >= 11 is 0. The van der Waals surface area contributed by atoms with Gasteiger partial charge in [0.1, 0.15) is 11.0 Å². The van der Waals surface area contributed by atoms with Crippen molar-refractivity contribution in [3.05, 3.63) is 82.4 Å². The van der Waals surface area contributed by atoms with Crippen molar-refractivity contribution < 1.29 is 5.11 Å². The second kappa shape index (κ2) is 9.98. The Morgan fingerprint density at radius 3 is 2.74 bits per heavy atom. The van der Waals surface area contributed by atoms with Gasteiger partial charge in [0, 0.05) is 29.9 Å². The summed E-state index contributed by atoms with van der Waals surface area (Å²) in [6, 6.07) is 11.9. The van der Waals surface area contributed by atoms with Crippen LogP contribution in [0.3, 0.4) is 0 Å². The molecule has 4 aromatic rings. The smallest absolute Gasteiger partial charge is 0.278 e. The molecule has 0 fully saturated rings. The van der Waals surface area contributed by atoms with Gasteiger partial charge in [0.2, 0.25) is 5.95 Å². The van der Waals surface area contributed by atoms with Crippen molar-refractivity contribution in [1.29, 1.82) is 0 Å². The van der Waals surface area contributed by atoms with Crippen LogP contribution in [-0.4, -0.2) is 36.0 Å². The van der Waals surface area contributed by atoms with E-state index < -0.39 is 5.60 Å². The Kier molecular flexibility index (Phi) is 7.22. The highest BCUT2D eigenvalue weighted by molar-refractivity contribution is 5.85. The number of nitrogens with one attached hydrogen (secondary N) is 2. The van der Waals surface area contributed by atoms with E-state index in [9.17, 15) is 9.90 Å². The van der Waals surface area contributed by atoms with Crippen LogP contribution in [0.1, 0.15) is 57.5 Å². The maximum Gasteiger partial charge on any atom is 0.278 e. The van der Waals surface area contributed by atoms with E-state index in [1.54, 1.807) is 42.8 Å². The summed E-state index contributed by atoms with van der Waals surface area (Å²) in [5.74, 6) is 0.834. The number of fused-ring (bicyclic) bond motifs is 2. The van der Waals surface area contributed by atoms with Gasteiger partial charge in [-0.05, 0) is 56.2 Å². The highest BCUT2D eigenvalue weighted by Gasteiger charge is 2.30. The van der Waals surface area contributed by atoms with Gasteiger partial charge in [-0.15, -0.1) is 19.0 Å². The van der Waals surface area contributed by atoms with Crippen LogP contribution >= 0.6 is 12.4 Å². The molecule has 0 aliphatic carbocycles. The van der Waals surface area contributed by atoms with Gasteiger partial charge in [0.15, 0.2) is 11.5 Å². The zero-order valence-electron chi connectivity index (χ0n) is 22.3. The Labute approximate surface area is 228 Å². The second-order valence-corrected chi connectivity index (χ2v) is 10.8. The number of aliphatic hydroxyl groups is 1.